The molecule has 2 heteroatoms. The van der Waals surface area contributed by atoms with Gasteiger partial charge in [0.1, 0.15) is 5.75 Å². The Morgan fingerprint density at radius 1 is 0.944 bits per heavy atom. The van der Waals surface area contributed by atoms with Gasteiger partial charge in [0.2, 0.25) is 0 Å². The largest absolute Gasteiger partial charge is 0.508 e. The molecule has 18 heavy (non-hydrogen) atoms. The number of rotatable bonds is 4. The summed E-state index contributed by atoms with van der Waals surface area (Å²) in [6.07, 6.45) is 1.48. The lowest BCUT2D eigenvalue weighted by Crippen LogP contribution is -2.21. The van der Waals surface area contributed by atoms with Gasteiger partial charge in [-0.15, -0.1) is 0 Å². The second-order valence-electron chi connectivity index (χ2n) is 4.81. The van der Waals surface area contributed by atoms with Crippen molar-refractivity contribution in [3.8, 4) is 5.75 Å². The Balaban J connectivity index is 2.05. The van der Waals surface area contributed by atoms with Gasteiger partial charge in [-0.1, -0.05) is 42.5 Å². The van der Waals surface area contributed by atoms with Crippen molar-refractivity contribution in [2.24, 2.45) is 0 Å². The third-order valence-corrected chi connectivity index (χ3v) is 3.23. The van der Waals surface area contributed by atoms with Crippen LogP contribution in [0.25, 0.3) is 0 Å². The van der Waals surface area contributed by atoms with Gasteiger partial charge in [0, 0.05) is 0 Å². The maximum Gasteiger partial charge on any atom is 0.115 e. The van der Waals surface area contributed by atoms with E-state index in [0.29, 0.717) is 6.42 Å². The molecule has 0 saturated heterocycles. The number of phenolic OH excluding ortho intramolecular Hbond substituents is 1. The topological polar surface area (TPSA) is 40.5 Å². The summed E-state index contributed by atoms with van der Waals surface area (Å²) in [5, 5.41) is 19.7. The van der Waals surface area contributed by atoms with Crippen LogP contribution in [-0.4, -0.2) is 10.2 Å². The fourth-order valence-corrected chi connectivity index (χ4v) is 2.00. The van der Waals surface area contributed by atoms with Crippen molar-refractivity contribution >= 4 is 0 Å². The molecule has 1 atom stereocenters. The highest BCUT2D eigenvalue weighted by molar-refractivity contribution is 5.29. The van der Waals surface area contributed by atoms with E-state index >= 15 is 0 Å². The minimum Gasteiger partial charge on any atom is -0.508 e. The van der Waals surface area contributed by atoms with Gasteiger partial charge in [-0.05, 0) is 43.0 Å². The van der Waals surface area contributed by atoms with E-state index in [2.05, 4.69) is 12.1 Å². The molecule has 0 aromatic heterocycles. The van der Waals surface area contributed by atoms with Gasteiger partial charge in [0.25, 0.3) is 0 Å². The van der Waals surface area contributed by atoms with Crippen LogP contribution < -0.4 is 0 Å². The Morgan fingerprint density at radius 2 is 1.56 bits per heavy atom. The molecule has 0 fully saturated rings. The van der Waals surface area contributed by atoms with Crippen LogP contribution in [0.4, 0.5) is 0 Å². The molecule has 2 N–H and O–H groups in total. The molecule has 2 rings (SSSR count). The molecule has 0 spiro atoms. The number of aliphatic hydroxyl groups is 1. The molecule has 0 saturated carbocycles. The molecular weight excluding hydrogens is 224 g/mol. The molecule has 0 aliphatic heterocycles. The van der Waals surface area contributed by atoms with Crippen LogP contribution in [0.3, 0.4) is 0 Å². The van der Waals surface area contributed by atoms with Gasteiger partial charge in [-0.2, -0.15) is 0 Å². The van der Waals surface area contributed by atoms with Crippen molar-refractivity contribution < 1.29 is 10.2 Å². The molecule has 0 aliphatic rings. The van der Waals surface area contributed by atoms with Gasteiger partial charge < -0.3 is 10.2 Å². The van der Waals surface area contributed by atoms with Crippen molar-refractivity contribution in [2.75, 3.05) is 0 Å². The first kappa shape index (κ1) is 12.7. The molecule has 0 heterocycles. The maximum absolute atomic E-state index is 10.5. The van der Waals surface area contributed by atoms with E-state index in [0.717, 1.165) is 12.0 Å². The number of phenols is 1. The average molecular weight is 242 g/mol. The van der Waals surface area contributed by atoms with Crippen LogP contribution in [0.5, 0.6) is 5.75 Å². The van der Waals surface area contributed by atoms with Crippen molar-refractivity contribution in [1.82, 2.24) is 0 Å². The lowest BCUT2D eigenvalue weighted by atomic mass is 9.89. The summed E-state index contributed by atoms with van der Waals surface area (Å²) < 4.78 is 0. The summed E-state index contributed by atoms with van der Waals surface area (Å²) >= 11 is 0. The molecule has 94 valence electrons. The lowest BCUT2D eigenvalue weighted by molar-refractivity contribution is 0.0480. The molecule has 0 bridgehead atoms. The summed E-state index contributed by atoms with van der Waals surface area (Å²) in [6.45, 7) is 1.81. The Morgan fingerprint density at radius 3 is 2.17 bits per heavy atom. The molecular formula is C16H18O2. The van der Waals surface area contributed by atoms with Crippen molar-refractivity contribution in [2.45, 2.75) is 25.4 Å². The fourth-order valence-electron chi connectivity index (χ4n) is 2.00. The van der Waals surface area contributed by atoms with Crippen LogP contribution >= 0.6 is 0 Å². The van der Waals surface area contributed by atoms with Crippen LogP contribution in [0, 0.1) is 0 Å². The average Bonchev–Trinajstić information content (AvgIpc) is 2.38. The van der Waals surface area contributed by atoms with Crippen LogP contribution in [0.1, 0.15) is 24.5 Å². The molecule has 2 aromatic rings. The van der Waals surface area contributed by atoms with E-state index in [1.165, 1.54) is 5.56 Å². The smallest absolute Gasteiger partial charge is 0.115 e. The zero-order valence-corrected chi connectivity index (χ0v) is 10.5. The number of benzene rings is 2. The zero-order valence-electron chi connectivity index (χ0n) is 10.5. The van der Waals surface area contributed by atoms with E-state index < -0.39 is 5.60 Å². The molecule has 0 amide bonds. The molecule has 1 unspecified atom stereocenters. The summed E-state index contributed by atoms with van der Waals surface area (Å²) in [4.78, 5) is 0. The third-order valence-electron chi connectivity index (χ3n) is 3.23. The first-order chi connectivity index (χ1) is 8.58. The third kappa shape index (κ3) is 3.11. The standard InChI is InChI=1S/C16H18O2/c1-16(18,14-7-9-15(17)10-8-14)12-11-13-5-3-2-4-6-13/h2-10,17-18H,11-12H2,1H3. The van der Waals surface area contributed by atoms with E-state index in [-0.39, 0.29) is 5.75 Å². The highest BCUT2D eigenvalue weighted by atomic mass is 16.3. The minimum absolute atomic E-state index is 0.220. The monoisotopic (exact) mass is 242 g/mol. The van der Waals surface area contributed by atoms with E-state index in [1.54, 1.807) is 24.3 Å². The number of hydrogen-bond donors (Lipinski definition) is 2. The fraction of sp³-hybridized carbons (Fsp3) is 0.250. The highest BCUT2D eigenvalue weighted by Gasteiger charge is 2.22. The predicted molar refractivity (Wildman–Crippen MR) is 72.4 cm³/mol. The first-order valence-corrected chi connectivity index (χ1v) is 6.14. The zero-order chi connectivity index (χ0) is 13.0. The van der Waals surface area contributed by atoms with Gasteiger partial charge in [0.15, 0.2) is 0 Å². The van der Waals surface area contributed by atoms with E-state index in [1.807, 2.05) is 25.1 Å². The second kappa shape index (κ2) is 5.23. The molecule has 0 radical (unpaired) electrons. The van der Waals surface area contributed by atoms with Gasteiger partial charge in [-0.25, -0.2) is 0 Å². The lowest BCUT2D eigenvalue weighted by Gasteiger charge is -2.24. The minimum atomic E-state index is -0.871. The summed E-state index contributed by atoms with van der Waals surface area (Å²) in [5.41, 5.74) is 1.18. The molecule has 0 aliphatic carbocycles. The summed E-state index contributed by atoms with van der Waals surface area (Å²) in [6, 6.07) is 16.9. The Hall–Kier alpha value is -1.80. The van der Waals surface area contributed by atoms with Crippen molar-refractivity contribution in [3.05, 3.63) is 65.7 Å². The van der Waals surface area contributed by atoms with Crippen LogP contribution in [0.15, 0.2) is 54.6 Å². The molecule has 2 nitrogen and oxygen atoms in total. The predicted octanol–water partition coefficient (Wildman–Crippen LogP) is 3.23. The van der Waals surface area contributed by atoms with Crippen LogP contribution in [0.2, 0.25) is 0 Å². The molecule has 2 aromatic carbocycles. The second-order valence-corrected chi connectivity index (χ2v) is 4.81. The van der Waals surface area contributed by atoms with Gasteiger partial charge in [0.05, 0.1) is 5.60 Å². The number of aromatic hydroxyl groups is 1. The summed E-state index contributed by atoms with van der Waals surface area (Å²) in [7, 11) is 0. The normalized spacial score (nSPS) is 14.1. The van der Waals surface area contributed by atoms with Gasteiger partial charge >= 0.3 is 0 Å². The Bertz CT molecular complexity index is 486. The quantitative estimate of drug-likeness (QED) is 0.864. The number of aryl methyl sites for hydroxylation is 1. The highest BCUT2D eigenvalue weighted by Crippen LogP contribution is 2.27. The SMILES string of the molecule is CC(O)(CCc1ccccc1)c1ccc(O)cc1. The Kier molecular flexibility index (Phi) is 3.68. The maximum atomic E-state index is 10.5. The Labute approximate surface area is 108 Å². The van der Waals surface area contributed by atoms with Crippen LogP contribution in [-0.2, 0) is 12.0 Å². The first-order valence-electron chi connectivity index (χ1n) is 6.14. The summed E-state index contributed by atoms with van der Waals surface area (Å²) in [5.74, 6) is 0.220. The number of hydrogen-bond acceptors (Lipinski definition) is 2. The van der Waals surface area contributed by atoms with Crippen molar-refractivity contribution in [1.29, 1.82) is 0 Å². The van der Waals surface area contributed by atoms with E-state index in [4.69, 9.17) is 0 Å². The van der Waals surface area contributed by atoms with Gasteiger partial charge in [-0.3, -0.25) is 0 Å². The van der Waals surface area contributed by atoms with Crippen molar-refractivity contribution in [3.63, 3.8) is 0 Å². The van der Waals surface area contributed by atoms with E-state index in [9.17, 15) is 10.2 Å².